The Morgan fingerprint density at radius 3 is 3.05 bits per heavy atom. The quantitative estimate of drug-likeness (QED) is 0.832. The van der Waals surface area contributed by atoms with Gasteiger partial charge in [0, 0.05) is 5.56 Å². The van der Waals surface area contributed by atoms with Gasteiger partial charge in [-0.25, -0.2) is 9.37 Å². The number of nitrogens with two attached hydrogens (primary N) is 1. The van der Waals surface area contributed by atoms with E-state index in [2.05, 4.69) is 22.1 Å². The molecule has 6 heteroatoms. The molecular weight excluding hydrogens is 277 g/mol. The molecule has 1 aromatic carbocycles. The second-order valence-corrected chi connectivity index (χ2v) is 4.98. The van der Waals surface area contributed by atoms with Gasteiger partial charge in [0.05, 0.1) is 17.6 Å². The predicted octanol–water partition coefficient (Wildman–Crippen LogP) is 2.15. The zero-order valence-electron chi connectivity index (χ0n) is 10.7. The number of hydrogen-bond acceptors (Lipinski definition) is 4. The number of hydrogen-bond donors (Lipinski definition) is 2. The standard InChI is InChI=1S/C14H12FN3OS/c1-9-7-10(15)4-5-12(9)13(19)18-14-17-8-11(20-14)3-2-6-16/h4-5,7-8H,6,16H2,1H3,(H,17,18,19). The summed E-state index contributed by atoms with van der Waals surface area (Å²) in [6.45, 7) is 1.95. The molecule has 0 bridgehead atoms. The van der Waals surface area contributed by atoms with Crippen LogP contribution >= 0.6 is 11.3 Å². The van der Waals surface area contributed by atoms with Crippen LogP contribution in [0.5, 0.6) is 0 Å². The van der Waals surface area contributed by atoms with Gasteiger partial charge in [-0.2, -0.15) is 0 Å². The molecule has 0 spiro atoms. The highest BCUT2D eigenvalue weighted by molar-refractivity contribution is 7.16. The normalized spacial score (nSPS) is 9.75. The fourth-order valence-corrected chi connectivity index (χ4v) is 2.26. The highest BCUT2D eigenvalue weighted by atomic mass is 32.1. The van der Waals surface area contributed by atoms with Crippen molar-refractivity contribution >= 4 is 22.4 Å². The zero-order chi connectivity index (χ0) is 14.5. The van der Waals surface area contributed by atoms with E-state index < -0.39 is 0 Å². The molecule has 0 radical (unpaired) electrons. The van der Waals surface area contributed by atoms with Crippen molar-refractivity contribution in [3.8, 4) is 11.8 Å². The number of amides is 1. The fraction of sp³-hybridized carbons (Fsp3) is 0.143. The van der Waals surface area contributed by atoms with E-state index in [1.165, 1.54) is 29.5 Å². The molecule has 4 nitrogen and oxygen atoms in total. The first-order valence-corrected chi connectivity index (χ1v) is 6.64. The van der Waals surface area contributed by atoms with Crippen LogP contribution in [0.25, 0.3) is 0 Å². The summed E-state index contributed by atoms with van der Waals surface area (Å²) in [6.07, 6.45) is 1.57. The topological polar surface area (TPSA) is 68.0 Å². The molecule has 0 aliphatic carbocycles. The van der Waals surface area contributed by atoms with Crippen LogP contribution in [0.4, 0.5) is 9.52 Å². The van der Waals surface area contributed by atoms with Gasteiger partial charge in [-0.05, 0) is 30.7 Å². The summed E-state index contributed by atoms with van der Waals surface area (Å²) in [6, 6.07) is 4.01. The fourth-order valence-electron chi connectivity index (χ4n) is 1.57. The lowest BCUT2D eigenvalue weighted by atomic mass is 10.1. The van der Waals surface area contributed by atoms with Crippen LogP contribution in [0.2, 0.25) is 0 Å². The van der Waals surface area contributed by atoms with Gasteiger partial charge in [-0.1, -0.05) is 23.2 Å². The number of nitrogens with zero attached hydrogens (tertiary/aromatic N) is 1. The molecule has 2 aromatic rings. The Hall–Kier alpha value is -2.23. The molecular formula is C14H12FN3OS. The first kappa shape index (κ1) is 14.2. The van der Waals surface area contributed by atoms with Gasteiger partial charge in [0.1, 0.15) is 5.82 Å². The number of aromatic nitrogens is 1. The molecule has 1 heterocycles. The Labute approximate surface area is 119 Å². The molecule has 102 valence electrons. The van der Waals surface area contributed by atoms with Gasteiger partial charge < -0.3 is 5.73 Å². The molecule has 2 rings (SSSR count). The number of anilines is 1. The van der Waals surface area contributed by atoms with Crippen LogP contribution in [0, 0.1) is 24.6 Å². The Morgan fingerprint density at radius 1 is 1.55 bits per heavy atom. The first-order chi connectivity index (χ1) is 9.60. The number of benzene rings is 1. The molecule has 0 saturated carbocycles. The molecule has 1 amide bonds. The van der Waals surface area contributed by atoms with Crippen molar-refractivity contribution in [2.45, 2.75) is 6.92 Å². The van der Waals surface area contributed by atoms with Crippen molar-refractivity contribution in [3.63, 3.8) is 0 Å². The van der Waals surface area contributed by atoms with E-state index in [0.29, 0.717) is 16.3 Å². The summed E-state index contributed by atoms with van der Waals surface area (Å²) in [7, 11) is 0. The van der Waals surface area contributed by atoms with Gasteiger partial charge in [-0.3, -0.25) is 10.1 Å². The van der Waals surface area contributed by atoms with Crippen molar-refractivity contribution in [1.29, 1.82) is 0 Å². The van der Waals surface area contributed by atoms with Crippen LogP contribution in [0.1, 0.15) is 20.8 Å². The van der Waals surface area contributed by atoms with E-state index in [-0.39, 0.29) is 18.3 Å². The maximum absolute atomic E-state index is 13.0. The van der Waals surface area contributed by atoms with Crippen LogP contribution in [0.3, 0.4) is 0 Å². The van der Waals surface area contributed by atoms with E-state index in [1.807, 2.05) is 0 Å². The van der Waals surface area contributed by atoms with Gasteiger partial charge in [0.15, 0.2) is 5.13 Å². The smallest absolute Gasteiger partial charge is 0.257 e. The highest BCUT2D eigenvalue weighted by Crippen LogP contribution is 2.19. The predicted molar refractivity (Wildman–Crippen MR) is 77.1 cm³/mol. The molecule has 0 unspecified atom stereocenters. The lowest BCUT2D eigenvalue weighted by molar-refractivity contribution is 0.102. The lowest BCUT2D eigenvalue weighted by Crippen LogP contribution is -2.13. The number of aryl methyl sites for hydroxylation is 1. The number of thiazole rings is 1. The largest absolute Gasteiger partial charge is 0.320 e. The second kappa shape index (κ2) is 6.28. The summed E-state index contributed by atoms with van der Waals surface area (Å²) >= 11 is 1.26. The molecule has 20 heavy (non-hydrogen) atoms. The summed E-state index contributed by atoms with van der Waals surface area (Å²) in [5, 5.41) is 3.11. The van der Waals surface area contributed by atoms with Crippen LogP contribution in [-0.4, -0.2) is 17.4 Å². The number of carbonyl (C=O) groups is 1. The summed E-state index contributed by atoms with van der Waals surface area (Å²) in [5.74, 6) is 4.86. The van der Waals surface area contributed by atoms with Crippen LogP contribution in [0.15, 0.2) is 24.4 Å². The van der Waals surface area contributed by atoms with Gasteiger partial charge in [0.25, 0.3) is 5.91 Å². The van der Waals surface area contributed by atoms with E-state index in [4.69, 9.17) is 5.73 Å². The Morgan fingerprint density at radius 2 is 2.35 bits per heavy atom. The molecule has 0 atom stereocenters. The third-order valence-corrected chi connectivity index (χ3v) is 3.30. The molecule has 3 N–H and O–H groups in total. The minimum absolute atomic E-state index is 0.272. The minimum atomic E-state index is -0.368. The number of rotatable bonds is 2. The lowest BCUT2D eigenvalue weighted by Gasteiger charge is -2.04. The molecule has 0 fully saturated rings. The summed E-state index contributed by atoms with van der Waals surface area (Å²) < 4.78 is 13.0. The zero-order valence-corrected chi connectivity index (χ0v) is 11.6. The van der Waals surface area contributed by atoms with Crippen molar-refractivity contribution in [1.82, 2.24) is 4.98 Å². The molecule has 1 aromatic heterocycles. The van der Waals surface area contributed by atoms with E-state index >= 15 is 0 Å². The number of halogens is 1. The van der Waals surface area contributed by atoms with E-state index in [1.54, 1.807) is 13.1 Å². The van der Waals surface area contributed by atoms with Crippen molar-refractivity contribution in [2.24, 2.45) is 5.73 Å². The molecule has 0 aliphatic rings. The Balaban J connectivity index is 2.13. The highest BCUT2D eigenvalue weighted by Gasteiger charge is 2.11. The minimum Gasteiger partial charge on any atom is -0.320 e. The maximum atomic E-state index is 13.0. The Kier molecular flexibility index (Phi) is 4.45. The van der Waals surface area contributed by atoms with E-state index in [0.717, 1.165) is 4.88 Å². The molecule has 0 aliphatic heterocycles. The van der Waals surface area contributed by atoms with Crippen molar-refractivity contribution in [3.05, 3.63) is 46.2 Å². The number of carbonyl (C=O) groups excluding carboxylic acids is 1. The Bertz CT molecular complexity index is 700. The monoisotopic (exact) mass is 289 g/mol. The SMILES string of the molecule is Cc1cc(F)ccc1C(=O)Nc1ncc(C#CCN)s1. The number of nitrogens with one attached hydrogen (secondary N) is 1. The second-order valence-electron chi connectivity index (χ2n) is 3.95. The van der Waals surface area contributed by atoms with E-state index in [9.17, 15) is 9.18 Å². The summed E-state index contributed by atoms with van der Waals surface area (Å²) in [4.78, 5) is 16.8. The van der Waals surface area contributed by atoms with Crippen molar-refractivity contribution in [2.75, 3.05) is 11.9 Å². The van der Waals surface area contributed by atoms with Gasteiger partial charge >= 0.3 is 0 Å². The maximum Gasteiger partial charge on any atom is 0.257 e. The van der Waals surface area contributed by atoms with Crippen molar-refractivity contribution < 1.29 is 9.18 Å². The third-order valence-electron chi connectivity index (χ3n) is 2.47. The third kappa shape index (κ3) is 3.41. The molecule has 0 saturated heterocycles. The van der Waals surface area contributed by atoms with Crippen LogP contribution < -0.4 is 11.1 Å². The average Bonchev–Trinajstić information content (AvgIpc) is 2.83. The van der Waals surface area contributed by atoms with Gasteiger partial charge in [0.2, 0.25) is 0 Å². The van der Waals surface area contributed by atoms with Gasteiger partial charge in [-0.15, -0.1) is 0 Å². The average molecular weight is 289 g/mol. The van der Waals surface area contributed by atoms with Crippen LogP contribution in [-0.2, 0) is 0 Å². The first-order valence-electron chi connectivity index (χ1n) is 5.82. The summed E-state index contributed by atoms with van der Waals surface area (Å²) in [5.41, 5.74) is 6.26.